The molecule has 0 fully saturated rings. The Labute approximate surface area is 195 Å². The number of aliphatic hydroxyl groups excluding tert-OH is 5. The van der Waals surface area contributed by atoms with Crippen LogP contribution in [0.1, 0.15) is 117 Å². The van der Waals surface area contributed by atoms with Crippen LogP contribution in [0, 0.1) is 0 Å². The van der Waals surface area contributed by atoms with Gasteiger partial charge in [-0.15, -0.1) is 0 Å². The monoisotopic (exact) mass is 462 g/mol. The maximum atomic E-state index is 11.8. The summed E-state index contributed by atoms with van der Waals surface area (Å²) in [6, 6.07) is 0. The second-order valence-corrected chi connectivity index (χ2v) is 9.10. The third-order valence-electron chi connectivity index (χ3n) is 6.01. The van der Waals surface area contributed by atoms with Gasteiger partial charge in [0.1, 0.15) is 24.9 Å². The van der Waals surface area contributed by atoms with Crippen LogP contribution >= 0.6 is 0 Å². The van der Waals surface area contributed by atoms with Crippen molar-refractivity contribution in [2.45, 2.75) is 147 Å². The first-order valence-electron chi connectivity index (χ1n) is 12.9. The maximum Gasteiger partial charge on any atom is 0.308 e. The molecule has 0 aromatic heterocycles. The predicted molar refractivity (Wildman–Crippen MR) is 126 cm³/mol. The van der Waals surface area contributed by atoms with Crippen molar-refractivity contribution in [2.75, 3.05) is 6.61 Å². The molecule has 0 aliphatic rings. The molecule has 5 N–H and O–H groups in total. The summed E-state index contributed by atoms with van der Waals surface area (Å²) < 4.78 is 4.88. The normalized spacial score (nSPS) is 16.3. The molecule has 5 atom stereocenters. The molecule has 0 rings (SSSR count). The van der Waals surface area contributed by atoms with E-state index >= 15 is 0 Å². The third-order valence-corrected chi connectivity index (χ3v) is 6.01. The molecule has 0 aliphatic heterocycles. The zero-order chi connectivity index (χ0) is 24.2. The fourth-order valence-corrected chi connectivity index (χ4v) is 3.72. The van der Waals surface area contributed by atoms with Crippen LogP contribution in [0.4, 0.5) is 0 Å². The molecule has 0 radical (unpaired) electrons. The van der Waals surface area contributed by atoms with Crippen molar-refractivity contribution in [1.82, 2.24) is 0 Å². The zero-order valence-corrected chi connectivity index (χ0v) is 20.5. The highest BCUT2D eigenvalue weighted by Crippen LogP contribution is 2.14. The van der Waals surface area contributed by atoms with Gasteiger partial charge < -0.3 is 30.3 Å². The Hall–Kier alpha value is -0.730. The first kappa shape index (κ1) is 31.3. The van der Waals surface area contributed by atoms with Crippen molar-refractivity contribution in [3.05, 3.63) is 0 Å². The Kier molecular flexibility index (Phi) is 20.4. The Morgan fingerprint density at radius 1 is 0.656 bits per heavy atom. The van der Waals surface area contributed by atoms with Crippen LogP contribution in [-0.4, -0.2) is 68.6 Å². The number of carbonyl (C=O) groups excluding carboxylic acids is 1. The van der Waals surface area contributed by atoms with Crippen LogP contribution in [0.15, 0.2) is 0 Å². The van der Waals surface area contributed by atoms with E-state index in [9.17, 15) is 30.3 Å². The largest absolute Gasteiger partial charge is 0.463 e. The maximum absolute atomic E-state index is 11.8. The van der Waals surface area contributed by atoms with Crippen LogP contribution in [0.25, 0.3) is 0 Å². The lowest BCUT2D eigenvalue weighted by Crippen LogP contribution is -2.46. The summed E-state index contributed by atoms with van der Waals surface area (Å²) >= 11 is 0. The van der Waals surface area contributed by atoms with Gasteiger partial charge >= 0.3 is 5.97 Å². The Morgan fingerprint density at radius 2 is 1.09 bits per heavy atom. The minimum absolute atomic E-state index is 0.165. The Balaban J connectivity index is 3.63. The number of esters is 1. The minimum atomic E-state index is -1.62. The van der Waals surface area contributed by atoms with E-state index in [1.165, 1.54) is 64.2 Å². The number of rotatable bonds is 22. The van der Waals surface area contributed by atoms with Gasteiger partial charge in [-0.05, 0) is 12.8 Å². The van der Waals surface area contributed by atoms with Crippen molar-refractivity contribution >= 4 is 5.97 Å². The molecule has 0 heterocycles. The molecule has 0 bridgehead atoms. The fraction of sp³-hybridized carbons (Fsp3) is 0.960. The standard InChI is InChI=1S/C25H50O7/c1-3-5-6-7-8-9-10-11-12-13-14-15-16-17-20(26)18-23(29)32-19-22(28)25(31)24(30)21(27)4-2/h20-22,24-28,30-31H,3-19H2,1-2H3/t20?,21-,22-,24-,25-/m0/s1. The lowest BCUT2D eigenvalue weighted by Gasteiger charge is -2.25. The number of carbonyl (C=O) groups is 1. The number of unbranched alkanes of at least 4 members (excludes halogenated alkanes) is 12. The first-order chi connectivity index (χ1) is 15.3. The van der Waals surface area contributed by atoms with Gasteiger partial charge in [-0.25, -0.2) is 0 Å². The van der Waals surface area contributed by atoms with Gasteiger partial charge in [0.25, 0.3) is 0 Å². The Morgan fingerprint density at radius 3 is 1.56 bits per heavy atom. The Bertz CT molecular complexity index is 433. The number of ether oxygens (including phenoxy) is 1. The van der Waals surface area contributed by atoms with E-state index in [0.717, 1.165) is 19.3 Å². The predicted octanol–water partition coefficient (Wildman–Crippen LogP) is 3.62. The average Bonchev–Trinajstić information content (AvgIpc) is 2.78. The molecule has 0 saturated heterocycles. The van der Waals surface area contributed by atoms with Crippen LogP contribution in [0.2, 0.25) is 0 Å². The molecule has 192 valence electrons. The molecule has 0 aromatic carbocycles. The highest BCUT2D eigenvalue weighted by molar-refractivity contribution is 5.69. The van der Waals surface area contributed by atoms with E-state index in [4.69, 9.17) is 4.74 Å². The lowest BCUT2D eigenvalue weighted by atomic mass is 10.0. The highest BCUT2D eigenvalue weighted by atomic mass is 16.5. The quantitative estimate of drug-likeness (QED) is 0.123. The van der Waals surface area contributed by atoms with Crippen molar-refractivity contribution in [3.63, 3.8) is 0 Å². The van der Waals surface area contributed by atoms with E-state index in [0.29, 0.717) is 6.42 Å². The lowest BCUT2D eigenvalue weighted by molar-refractivity contribution is -0.156. The SMILES string of the molecule is CCCCCCCCCCCCCCCC(O)CC(=O)OC[C@H](O)[C@H](O)[C@@H](O)[C@@H](O)CC. The highest BCUT2D eigenvalue weighted by Gasteiger charge is 2.30. The van der Waals surface area contributed by atoms with Crippen LogP contribution < -0.4 is 0 Å². The topological polar surface area (TPSA) is 127 Å². The second kappa shape index (κ2) is 20.8. The van der Waals surface area contributed by atoms with Gasteiger partial charge in [0.05, 0.1) is 18.6 Å². The van der Waals surface area contributed by atoms with E-state index in [1.807, 2.05) is 0 Å². The molecule has 7 nitrogen and oxygen atoms in total. The summed E-state index contributed by atoms with van der Waals surface area (Å²) in [7, 11) is 0. The van der Waals surface area contributed by atoms with Gasteiger partial charge in [0.15, 0.2) is 0 Å². The number of aliphatic hydroxyl groups is 5. The van der Waals surface area contributed by atoms with Gasteiger partial charge in [-0.1, -0.05) is 97.3 Å². The van der Waals surface area contributed by atoms with E-state index < -0.39 is 43.1 Å². The fourth-order valence-electron chi connectivity index (χ4n) is 3.72. The molecule has 32 heavy (non-hydrogen) atoms. The molecule has 7 heteroatoms. The number of hydrogen-bond donors (Lipinski definition) is 5. The second-order valence-electron chi connectivity index (χ2n) is 9.10. The molecule has 1 unspecified atom stereocenters. The van der Waals surface area contributed by atoms with E-state index in [1.54, 1.807) is 6.92 Å². The zero-order valence-electron chi connectivity index (χ0n) is 20.5. The summed E-state index contributed by atoms with van der Waals surface area (Å²) in [5.41, 5.74) is 0. The van der Waals surface area contributed by atoms with Crippen LogP contribution in [-0.2, 0) is 9.53 Å². The van der Waals surface area contributed by atoms with E-state index in [-0.39, 0.29) is 12.8 Å². The van der Waals surface area contributed by atoms with E-state index in [2.05, 4.69) is 6.92 Å². The smallest absolute Gasteiger partial charge is 0.308 e. The summed E-state index contributed by atoms with van der Waals surface area (Å²) in [6.45, 7) is 3.37. The van der Waals surface area contributed by atoms with Gasteiger partial charge in [-0.2, -0.15) is 0 Å². The summed E-state index contributed by atoms with van der Waals surface area (Å²) in [5, 5.41) is 48.7. The van der Waals surface area contributed by atoms with Crippen LogP contribution in [0.5, 0.6) is 0 Å². The van der Waals surface area contributed by atoms with Gasteiger partial charge in [-0.3, -0.25) is 4.79 Å². The molecule has 0 amide bonds. The molecule has 0 saturated carbocycles. The molecular weight excluding hydrogens is 412 g/mol. The molecular formula is C25H50O7. The number of hydrogen-bond acceptors (Lipinski definition) is 7. The average molecular weight is 463 g/mol. The van der Waals surface area contributed by atoms with Crippen molar-refractivity contribution < 1.29 is 35.1 Å². The van der Waals surface area contributed by atoms with Crippen LogP contribution in [0.3, 0.4) is 0 Å². The van der Waals surface area contributed by atoms with Gasteiger partial charge in [0.2, 0.25) is 0 Å². The van der Waals surface area contributed by atoms with Crippen molar-refractivity contribution in [2.24, 2.45) is 0 Å². The molecule has 0 aromatic rings. The molecule has 0 spiro atoms. The summed E-state index contributed by atoms with van der Waals surface area (Å²) in [5.74, 6) is -0.663. The van der Waals surface area contributed by atoms with Crippen molar-refractivity contribution in [3.8, 4) is 0 Å². The van der Waals surface area contributed by atoms with Crippen molar-refractivity contribution in [1.29, 1.82) is 0 Å². The third kappa shape index (κ3) is 16.8. The minimum Gasteiger partial charge on any atom is -0.463 e. The molecule has 0 aliphatic carbocycles. The first-order valence-corrected chi connectivity index (χ1v) is 12.9. The summed E-state index contributed by atoms with van der Waals surface area (Å²) in [6.07, 6.45) is 10.2. The summed E-state index contributed by atoms with van der Waals surface area (Å²) in [4.78, 5) is 11.8. The van der Waals surface area contributed by atoms with Gasteiger partial charge in [0, 0.05) is 0 Å².